The number of rotatable bonds is 0. The van der Waals surface area contributed by atoms with E-state index in [2.05, 4.69) is 12.6 Å². The number of nitrogen functional groups attached to an aromatic ring is 1. The van der Waals surface area contributed by atoms with Crippen LogP contribution in [0.1, 0.15) is 0 Å². The smallest absolute Gasteiger partial charge is 0.0661 e. The van der Waals surface area contributed by atoms with Crippen LogP contribution in [0.25, 0.3) is 0 Å². The second-order valence-corrected chi connectivity index (χ2v) is 3.15. The van der Waals surface area contributed by atoms with Gasteiger partial charge in [0, 0.05) is 9.92 Å². The number of hydrogen-bond acceptors (Lipinski definition) is 2. The minimum absolute atomic E-state index is 0.442. The van der Waals surface area contributed by atoms with Crippen molar-refractivity contribution >= 4 is 41.5 Å². The number of benzene rings is 1. The molecule has 0 aliphatic heterocycles. The molecule has 0 spiro atoms. The van der Waals surface area contributed by atoms with E-state index in [0.29, 0.717) is 20.6 Å². The highest BCUT2D eigenvalue weighted by Gasteiger charge is 2.00. The molecule has 0 bridgehead atoms. The lowest BCUT2D eigenvalue weighted by molar-refractivity contribution is 1.47. The van der Waals surface area contributed by atoms with Gasteiger partial charge in [0.15, 0.2) is 0 Å². The molecule has 0 saturated carbocycles. The first-order valence-corrected chi connectivity index (χ1v) is 3.75. The van der Waals surface area contributed by atoms with Gasteiger partial charge in [-0.2, -0.15) is 0 Å². The molecule has 0 aliphatic rings. The van der Waals surface area contributed by atoms with Gasteiger partial charge in [-0.05, 0) is 12.1 Å². The predicted octanol–water partition coefficient (Wildman–Crippen LogP) is 2.86. The summed E-state index contributed by atoms with van der Waals surface area (Å²) in [4.78, 5) is 0.609. The quantitative estimate of drug-likeness (QED) is 0.482. The molecule has 0 radical (unpaired) electrons. The highest BCUT2D eigenvalue weighted by molar-refractivity contribution is 7.80. The van der Waals surface area contributed by atoms with Gasteiger partial charge in [-0.15, -0.1) is 12.6 Å². The van der Waals surface area contributed by atoms with Crippen LogP contribution in [-0.2, 0) is 0 Å². The molecule has 4 heteroatoms. The Morgan fingerprint density at radius 1 is 1.30 bits per heavy atom. The van der Waals surface area contributed by atoms with Gasteiger partial charge >= 0.3 is 0 Å². The topological polar surface area (TPSA) is 26.0 Å². The molecule has 0 unspecified atom stereocenters. The van der Waals surface area contributed by atoms with Gasteiger partial charge in [0.1, 0.15) is 0 Å². The molecule has 10 heavy (non-hydrogen) atoms. The predicted molar refractivity (Wildman–Crippen MR) is 48.1 cm³/mol. The van der Waals surface area contributed by atoms with Crippen molar-refractivity contribution in [3.63, 3.8) is 0 Å². The molecule has 0 atom stereocenters. The average Bonchev–Trinajstić information content (AvgIpc) is 1.82. The zero-order valence-electron chi connectivity index (χ0n) is 4.94. The SMILES string of the molecule is Nc1c(S)cc(Cl)cc1Cl. The number of hydrogen-bond donors (Lipinski definition) is 2. The van der Waals surface area contributed by atoms with E-state index >= 15 is 0 Å². The lowest BCUT2D eigenvalue weighted by atomic mass is 10.3. The van der Waals surface area contributed by atoms with Gasteiger partial charge in [0.25, 0.3) is 0 Å². The van der Waals surface area contributed by atoms with Crippen LogP contribution in [0.4, 0.5) is 5.69 Å². The Balaban J connectivity index is 3.31. The summed E-state index contributed by atoms with van der Waals surface area (Å²) in [6, 6.07) is 3.23. The maximum Gasteiger partial charge on any atom is 0.0661 e. The molecule has 1 aromatic carbocycles. The van der Waals surface area contributed by atoms with E-state index < -0.39 is 0 Å². The van der Waals surface area contributed by atoms with Crippen molar-refractivity contribution in [3.05, 3.63) is 22.2 Å². The molecular formula is C6H5Cl2NS. The molecule has 0 aliphatic carbocycles. The second-order valence-electron chi connectivity index (χ2n) is 1.82. The molecule has 1 aromatic rings. The largest absolute Gasteiger partial charge is 0.397 e. The van der Waals surface area contributed by atoms with Crippen LogP contribution >= 0.6 is 35.8 Å². The minimum atomic E-state index is 0.442. The van der Waals surface area contributed by atoms with E-state index in [1.54, 1.807) is 12.1 Å². The zero-order valence-corrected chi connectivity index (χ0v) is 7.34. The van der Waals surface area contributed by atoms with Gasteiger partial charge in [0.2, 0.25) is 0 Å². The van der Waals surface area contributed by atoms with Crippen LogP contribution < -0.4 is 5.73 Å². The van der Waals surface area contributed by atoms with Crippen molar-refractivity contribution in [3.8, 4) is 0 Å². The van der Waals surface area contributed by atoms with Crippen LogP contribution in [0, 0.1) is 0 Å². The molecule has 1 nitrogen and oxygen atoms in total. The Bertz CT molecular complexity index is 239. The molecule has 0 saturated heterocycles. The molecule has 0 fully saturated rings. The van der Waals surface area contributed by atoms with Crippen molar-refractivity contribution < 1.29 is 0 Å². The zero-order chi connectivity index (χ0) is 7.72. The summed E-state index contributed by atoms with van der Waals surface area (Å²) in [6.45, 7) is 0. The standard InChI is InChI=1S/C6H5Cl2NS/c7-3-1-4(8)6(9)5(10)2-3/h1-2,10H,9H2. The van der Waals surface area contributed by atoms with Crippen LogP contribution in [0.5, 0.6) is 0 Å². The highest BCUT2D eigenvalue weighted by atomic mass is 35.5. The number of nitrogens with two attached hydrogens (primary N) is 1. The van der Waals surface area contributed by atoms with Crippen molar-refractivity contribution in [2.75, 3.05) is 5.73 Å². The molecular weight excluding hydrogens is 189 g/mol. The fraction of sp³-hybridized carbons (Fsp3) is 0. The molecule has 2 N–H and O–H groups in total. The normalized spacial score (nSPS) is 9.90. The number of thiol groups is 1. The Labute approximate surface area is 74.5 Å². The van der Waals surface area contributed by atoms with Crippen molar-refractivity contribution in [1.82, 2.24) is 0 Å². The van der Waals surface area contributed by atoms with Gasteiger partial charge in [-0.1, -0.05) is 23.2 Å². The maximum atomic E-state index is 5.66. The Kier molecular flexibility index (Phi) is 2.34. The van der Waals surface area contributed by atoms with Crippen molar-refractivity contribution in [2.45, 2.75) is 4.90 Å². The third kappa shape index (κ3) is 1.51. The van der Waals surface area contributed by atoms with Crippen molar-refractivity contribution in [1.29, 1.82) is 0 Å². The fourth-order valence-corrected chi connectivity index (χ4v) is 1.47. The third-order valence-corrected chi connectivity index (χ3v) is 1.97. The summed E-state index contributed by atoms with van der Waals surface area (Å²) in [5.41, 5.74) is 5.95. The van der Waals surface area contributed by atoms with Crippen LogP contribution in [-0.4, -0.2) is 0 Å². The van der Waals surface area contributed by atoms with Gasteiger partial charge in [0.05, 0.1) is 10.7 Å². The van der Waals surface area contributed by atoms with Gasteiger partial charge in [-0.3, -0.25) is 0 Å². The van der Waals surface area contributed by atoms with Gasteiger partial charge in [-0.25, -0.2) is 0 Å². The number of halogens is 2. The monoisotopic (exact) mass is 193 g/mol. The number of anilines is 1. The molecule has 0 heterocycles. The maximum absolute atomic E-state index is 5.66. The summed E-state index contributed by atoms with van der Waals surface area (Å²) < 4.78 is 0. The fourth-order valence-electron chi connectivity index (χ4n) is 0.571. The summed E-state index contributed by atoms with van der Waals surface area (Å²) >= 11 is 15.3. The van der Waals surface area contributed by atoms with Gasteiger partial charge < -0.3 is 5.73 Å². The Morgan fingerprint density at radius 3 is 2.40 bits per heavy atom. The lowest BCUT2D eigenvalue weighted by Crippen LogP contribution is -1.87. The summed E-state index contributed by atoms with van der Waals surface area (Å²) in [5, 5.41) is 0.988. The second kappa shape index (κ2) is 2.91. The summed E-state index contributed by atoms with van der Waals surface area (Å²) in [6.07, 6.45) is 0. The summed E-state index contributed by atoms with van der Waals surface area (Å²) in [7, 11) is 0. The highest BCUT2D eigenvalue weighted by Crippen LogP contribution is 2.29. The molecule has 0 aromatic heterocycles. The van der Waals surface area contributed by atoms with Crippen LogP contribution in [0.2, 0.25) is 10.0 Å². The minimum Gasteiger partial charge on any atom is -0.397 e. The van der Waals surface area contributed by atoms with E-state index in [1.165, 1.54) is 0 Å². The first-order chi connectivity index (χ1) is 4.61. The Morgan fingerprint density at radius 2 is 1.90 bits per heavy atom. The first kappa shape index (κ1) is 8.05. The van der Waals surface area contributed by atoms with E-state index in [9.17, 15) is 0 Å². The van der Waals surface area contributed by atoms with E-state index in [1.807, 2.05) is 0 Å². The van der Waals surface area contributed by atoms with E-state index in [-0.39, 0.29) is 0 Å². The third-order valence-electron chi connectivity index (χ3n) is 1.07. The summed E-state index contributed by atoms with van der Waals surface area (Å²) in [5.74, 6) is 0. The van der Waals surface area contributed by atoms with Crippen LogP contribution in [0.15, 0.2) is 17.0 Å². The molecule has 0 amide bonds. The first-order valence-electron chi connectivity index (χ1n) is 2.54. The average molecular weight is 194 g/mol. The van der Waals surface area contributed by atoms with Crippen molar-refractivity contribution in [2.24, 2.45) is 0 Å². The van der Waals surface area contributed by atoms with Crippen LogP contribution in [0.3, 0.4) is 0 Å². The molecule has 54 valence electrons. The molecule has 1 rings (SSSR count). The lowest BCUT2D eigenvalue weighted by Gasteiger charge is -2.00. The Hall–Kier alpha value is -0.0500. The van der Waals surface area contributed by atoms with E-state index in [0.717, 1.165) is 0 Å². The van der Waals surface area contributed by atoms with E-state index in [4.69, 9.17) is 28.9 Å².